The van der Waals surface area contributed by atoms with E-state index in [4.69, 9.17) is 15.7 Å². The molecule has 1 aliphatic rings. The molecule has 11 nitrogen and oxygen atoms in total. The molecule has 1 saturated carbocycles. The number of benzene rings is 1. The highest BCUT2D eigenvalue weighted by Gasteiger charge is 2.21. The zero-order valence-corrected chi connectivity index (χ0v) is 17.0. The number of amides is 2. The van der Waals surface area contributed by atoms with E-state index in [2.05, 4.69) is 20.6 Å². The number of hydrogen-bond acceptors (Lipinski definition) is 9. The summed E-state index contributed by atoms with van der Waals surface area (Å²) < 4.78 is 27.5. The summed E-state index contributed by atoms with van der Waals surface area (Å²) in [6.07, 6.45) is 5.54. The molecule has 2 amide bonds. The number of nitrogens with zero attached hydrogens (tertiary/aromatic N) is 2. The topological polar surface area (TPSA) is 179 Å². The number of carbonyl (C=O) groups is 2. The molecule has 0 spiro atoms. The van der Waals surface area contributed by atoms with Crippen molar-refractivity contribution in [3.63, 3.8) is 0 Å². The highest BCUT2D eigenvalue weighted by Crippen LogP contribution is 2.32. The Morgan fingerprint density at radius 3 is 2.50 bits per heavy atom. The predicted molar refractivity (Wildman–Crippen MR) is 110 cm³/mol. The van der Waals surface area contributed by atoms with Crippen molar-refractivity contribution in [2.24, 2.45) is 17.4 Å². The lowest BCUT2D eigenvalue weighted by Crippen LogP contribution is -2.18. The number of nitrogens with one attached hydrogen (secondary N) is 2. The van der Waals surface area contributed by atoms with Gasteiger partial charge in [0.05, 0.1) is 17.4 Å². The van der Waals surface area contributed by atoms with Gasteiger partial charge in [0.15, 0.2) is 5.75 Å². The maximum absolute atomic E-state index is 11.7. The van der Waals surface area contributed by atoms with Gasteiger partial charge in [-0.1, -0.05) is 12.8 Å². The number of aromatic nitrogens is 2. The van der Waals surface area contributed by atoms with E-state index in [0.717, 1.165) is 12.7 Å². The summed E-state index contributed by atoms with van der Waals surface area (Å²) in [5.41, 5.74) is 11.1. The van der Waals surface area contributed by atoms with E-state index in [0.29, 0.717) is 24.0 Å². The monoisotopic (exact) mass is 434 g/mol. The molecule has 12 heteroatoms. The van der Waals surface area contributed by atoms with Crippen molar-refractivity contribution in [3.05, 3.63) is 35.5 Å². The zero-order chi connectivity index (χ0) is 21.9. The Bertz CT molecular complexity index is 1080. The molecule has 0 atom stereocenters. The van der Waals surface area contributed by atoms with E-state index in [9.17, 15) is 18.0 Å². The van der Waals surface area contributed by atoms with Gasteiger partial charge in [0.25, 0.3) is 11.8 Å². The molecule has 6 N–H and O–H groups in total. The molecule has 1 heterocycles. The Morgan fingerprint density at radius 1 is 1.20 bits per heavy atom. The SMILES string of the molecule is CS(=O)(=O)Oc1ccc(Nc2ncc(C(N)=O)c(NCCC3CC3)n2)cc1C(N)=O. The van der Waals surface area contributed by atoms with Crippen LogP contribution in [0.5, 0.6) is 5.75 Å². The first-order valence-electron chi connectivity index (χ1n) is 9.13. The smallest absolute Gasteiger partial charge is 0.306 e. The highest BCUT2D eigenvalue weighted by atomic mass is 32.2. The maximum atomic E-state index is 11.7. The van der Waals surface area contributed by atoms with Crippen LogP contribution in [0.15, 0.2) is 24.4 Å². The van der Waals surface area contributed by atoms with Gasteiger partial charge in [0.2, 0.25) is 5.95 Å². The van der Waals surface area contributed by atoms with Crippen molar-refractivity contribution < 1.29 is 22.2 Å². The van der Waals surface area contributed by atoms with Crippen LogP contribution < -0.4 is 26.3 Å². The lowest BCUT2D eigenvalue weighted by Gasteiger charge is -2.13. The minimum Gasteiger partial charge on any atom is -0.382 e. The van der Waals surface area contributed by atoms with E-state index in [-0.39, 0.29) is 22.8 Å². The summed E-state index contributed by atoms with van der Waals surface area (Å²) in [5.74, 6) is -0.579. The summed E-state index contributed by atoms with van der Waals surface area (Å²) in [6, 6.07) is 4.07. The quantitative estimate of drug-likeness (QED) is 0.396. The van der Waals surface area contributed by atoms with Crippen LogP contribution in [0.1, 0.15) is 40.0 Å². The Balaban J connectivity index is 1.82. The third-order valence-corrected chi connectivity index (χ3v) is 4.82. The summed E-state index contributed by atoms with van der Waals surface area (Å²) in [4.78, 5) is 31.7. The number of nitrogens with two attached hydrogens (primary N) is 2. The largest absolute Gasteiger partial charge is 0.382 e. The Morgan fingerprint density at radius 2 is 1.90 bits per heavy atom. The van der Waals surface area contributed by atoms with Gasteiger partial charge in [-0.25, -0.2) is 4.98 Å². The molecule has 0 radical (unpaired) electrons. The van der Waals surface area contributed by atoms with Crippen molar-refractivity contribution in [1.82, 2.24) is 9.97 Å². The highest BCUT2D eigenvalue weighted by molar-refractivity contribution is 7.86. The number of hydrogen-bond donors (Lipinski definition) is 4. The van der Waals surface area contributed by atoms with Crippen LogP contribution in [-0.4, -0.2) is 43.0 Å². The van der Waals surface area contributed by atoms with E-state index in [1.807, 2.05) is 0 Å². The minimum atomic E-state index is -3.84. The number of anilines is 3. The second kappa shape index (κ2) is 8.53. The van der Waals surface area contributed by atoms with Gasteiger partial charge < -0.3 is 26.3 Å². The van der Waals surface area contributed by atoms with E-state index in [1.165, 1.54) is 37.2 Å². The fraction of sp³-hybridized carbons (Fsp3) is 0.333. The second-order valence-electron chi connectivity index (χ2n) is 6.97. The van der Waals surface area contributed by atoms with Crippen LogP contribution >= 0.6 is 0 Å². The fourth-order valence-electron chi connectivity index (χ4n) is 2.72. The zero-order valence-electron chi connectivity index (χ0n) is 16.2. The van der Waals surface area contributed by atoms with Gasteiger partial charge in [0.1, 0.15) is 5.82 Å². The molecule has 0 bridgehead atoms. The minimum absolute atomic E-state index is 0.137. The molecule has 1 aliphatic carbocycles. The first-order valence-corrected chi connectivity index (χ1v) is 10.9. The van der Waals surface area contributed by atoms with E-state index < -0.39 is 21.9 Å². The van der Waals surface area contributed by atoms with Crippen molar-refractivity contribution in [1.29, 1.82) is 0 Å². The molecule has 0 aliphatic heterocycles. The lowest BCUT2D eigenvalue weighted by molar-refractivity contribution is 0.0991. The lowest BCUT2D eigenvalue weighted by atomic mass is 10.1. The molecular weight excluding hydrogens is 412 g/mol. The Labute approximate surface area is 173 Å². The van der Waals surface area contributed by atoms with Gasteiger partial charge in [-0.2, -0.15) is 13.4 Å². The predicted octanol–water partition coefficient (Wildman–Crippen LogP) is 0.968. The molecule has 3 rings (SSSR count). The van der Waals surface area contributed by atoms with Crippen LogP contribution in [0, 0.1) is 5.92 Å². The summed E-state index contributed by atoms with van der Waals surface area (Å²) in [5, 5.41) is 5.98. The molecule has 2 aromatic rings. The van der Waals surface area contributed by atoms with Crippen LogP contribution in [0.25, 0.3) is 0 Å². The van der Waals surface area contributed by atoms with E-state index >= 15 is 0 Å². The van der Waals surface area contributed by atoms with Gasteiger partial charge in [-0.15, -0.1) is 0 Å². The molecule has 0 saturated heterocycles. The molecule has 1 aromatic carbocycles. The first-order chi connectivity index (χ1) is 14.1. The van der Waals surface area contributed by atoms with Gasteiger partial charge >= 0.3 is 10.1 Å². The molecular formula is C18H22N6O5S. The van der Waals surface area contributed by atoms with Crippen LogP contribution in [0.3, 0.4) is 0 Å². The third kappa shape index (κ3) is 5.80. The van der Waals surface area contributed by atoms with Crippen molar-refractivity contribution in [3.8, 4) is 5.75 Å². The molecule has 30 heavy (non-hydrogen) atoms. The van der Waals surface area contributed by atoms with Crippen molar-refractivity contribution >= 4 is 39.4 Å². The van der Waals surface area contributed by atoms with Gasteiger partial charge in [0, 0.05) is 18.4 Å². The molecule has 0 unspecified atom stereocenters. The van der Waals surface area contributed by atoms with Crippen LogP contribution in [0.4, 0.5) is 17.5 Å². The second-order valence-corrected chi connectivity index (χ2v) is 8.54. The maximum Gasteiger partial charge on any atom is 0.306 e. The van der Waals surface area contributed by atoms with Crippen molar-refractivity contribution in [2.45, 2.75) is 19.3 Å². The number of rotatable bonds is 10. The van der Waals surface area contributed by atoms with Crippen LogP contribution in [0.2, 0.25) is 0 Å². The third-order valence-electron chi connectivity index (χ3n) is 4.34. The number of carbonyl (C=O) groups excluding carboxylic acids is 2. The van der Waals surface area contributed by atoms with Crippen molar-refractivity contribution in [2.75, 3.05) is 23.4 Å². The van der Waals surface area contributed by atoms with Gasteiger partial charge in [-0.3, -0.25) is 9.59 Å². The summed E-state index contributed by atoms with van der Waals surface area (Å²) in [7, 11) is -3.84. The average molecular weight is 434 g/mol. The molecule has 1 aromatic heterocycles. The fourth-order valence-corrected chi connectivity index (χ4v) is 3.19. The average Bonchev–Trinajstić information content (AvgIpc) is 3.46. The van der Waals surface area contributed by atoms with Gasteiger partial charge in [-0.05, 0) is 30.5 Å². The van der Waals surface area contributed by atoms with Crippen LogP contribution in [-0.2, 0) is 10.1 Å². The van der Waals surface area contributed by atoms with E-state index in [1.54, 1.807) is 0 Å². The molecule has 1 fully saturated rings. The molecule has 160 valence electrons. The number of primary amides is 2. The Kier molecular flexibility index (Phi) is 6.06. The normalized spacial score (nSPS) is 13.5. The summed E-state index contributed by atoms with van der Waals surface area (Å²) >= 11 is 0. The first kappa shape index (κ1) is 21.3. The summed E-state index contributed by atoms with van der Waals surface area (Å²) in [6.45, 7) is 0.644. The standard InChI is InChI=1S/C18H22N6O5S/c1-30(27,28)29-14-5-4-11(8-12(14)15(19)25)23-18-22-9-13(16(20)26)17(24-18)21-7-6-10-2-3-10/h4-5,8-10H,2-3,6-7H2,1H3,(H2,19,25)(H2,20,26)(H2,21,22,23,24). The Hall–Kier alpha value is -3.41.